The Hall–Kier alpha value is -1.46. The number of carbonyl (C=O) groups excluding carboxylic acids is 1. The minimum atomic E-state index is -0.366. The molecule has 3 N–H and O–H groups in total. The quantitative estimate of drug-likeness (QED) is 0.636. The van der Waals surface area contributed by atoms with Gasteiger partial charge in [-0.05, 0) is 12.1 Å². The van der Waals surface area contributed by atoms with E-state index in [1.54, 1.807) is 18.3 Å². The van der Waals surface area contributed by atoms with Gasteiger partial charge in [-0.15, -0.1) is 0 Å². The summed E-state index contributed by atoms with van der Waals surface area (Å²) in [5.41, 5.74) is 0.544. The molecule has 0 bridgehead atoms. The van der Waals surface area contributed by atoms with Crippen molar-refractivity contribution >= 4 is 5.91 Å². The molecule has 1 amide bonds. The SMILES string of the molecule is O=C(NCC1CNCC1O)c1cccnc1. The summed E-state index contributed by atoms with van der Waals surface area (Å²) in [4.78, 5) is 15.5. The fourth-order valence-corrected chi connectivity index (χ4v) is 1.75. The molecule has 16 heavy (non-hydrogen) atoms. The highest BCUT2D eigenvalue weighted by Gasteiger charge is 2.25. The molecule has 2 atom stereocenters. The third-order valence-corrected chi connectivity index (χ3v) is 2.75. The lowest BCUT2D eigenvalue weighted by atomic mass is 10.1. The Kier molecular flexibility index (Phi) is 3.48. The minimum Gasteiger partial charge on any atom is -0.391 e. The van der Waals surface area contributed by atoms with Crippen LogP contribution in [-0.4, -0.2) is 41.7 Å². The highest BCUT2D eigenvalue weighted by atomic mass is 16.3. The Morgan fingerprint density at radius 3 is 3.12 bits per heavy atom. The zero-order valence-electron chi connectivity index (χ0n) is 8.89. The van der Waals surface area contributed by atoms with Gasteiger partial charge in [0.05, 0.1) is 11.7 Å². The Morgan fingerprint density at radius 1 is 1.62 bits per heavy atom. The first-order chi connectivity index (χ1) is 7.77. The fraction of sp³-hybridized carbons (Fsp3) is 0.455. The van der Waals surface area contributed by atoms with Gasteiger partial charge in [-0.3, -0.25) is 9.78 Å². The van der Waals surface area contributed by atoms with Gasteiger partial charge in [-0.2, -0.15) is 0 Å². The largest absolute Gasteiger partial charge is 0.391 e. The number of hydrogen-bond acceptors (Lipinski definition) is 4. The molecule has 1 aliphatic rings. The molecule has 0 spiro atoms. The second-order valence-corrected chi connectivity index (χ2v) is 3.94. The summed E-state index contributed by atoms with van der Waals surface area (Å²) in [6, 6.07) is 3.44. The first-order valence-electron chi connectivity index (χ1n) is 5.34. The van der Waals surface area contributed by atoms with Crippen LogP contribution in [0.5, 0.6) is 0 Å². The van der Waals surface area contributed by atoms with E-state index in [4.69, 9.17) is 0 Å². The number of nitrogens with one attached hydrogen (secondary N) is 2. The maximum Gasteiger partial charge on any atom is 0.252 e. The van der Waals surface area contributed by atoms with Crippen LogP contribution in [0.3, 0.4) is 0 Å². The maximum absolute atomic E-state index is 11.7. The van der Waals surface area contributed by atoms with Crippen LogP contribution in [0.1, 0.15) is 10.4 Å². The Labute approximate surface area is 93.9 Å². The number of amides is 1. The van der Waals surface area contributed by atoms with E-state index in [1.807, 2.05) is 0 Å². The third-order valence-electron chi connectivity index (χ3n) is 2.75. The molecule has 0 aliphatic carbocycles. The van der Waals surface area contributed by atoms with E-state index in [1.165, 1.54) is 6.20 Å². The second-order valence-electron chi connectivity index (χ2n) is 3.94. The lowest BCUT2D eigenvalue weighted by Gasteiger charge is -2.13. The van der Waals surface area contributed by atoms with Gasteiger partial charge in [-0.1, -0.05) is 0 Å². The number of rotatable bonds is 3. The molecule has 0 radical (unpaired) electrons. The zero-order chi connectivity index (χ0) is 11.4. The molecule has 1 saturated heterocycles. The van der Waals surface area contributed by atoms with Gasteiger partial charge in [0, 0.05) is 37.9 Å². The molecule has 1 aromatic rings. The number of aromatic nitrogens is 1. The molecule has 1 aromatic heterocycles. The number of aliphatic hydroxyl groups excluding tert-OH is 1. The average Bonchev–Trinajstić information content (AvgIpc) is 2.73. The molecule has 1 aliphatic heterocycles. The van der Waals surface area contributed by atoms with Gasteiger partial charge < -0.3 is 15.7 Å². The van der Waals surface area contributed by atoms with E-state index in [9.17, 15) is 9.90 Å². The number of β-amino-alcohol motifs (C(OH)–C–C–N with tert-alkyl or cyclic N) is 1. The smallest absolute Gasteiger partial charge is 0.252 e. The van der Waals surface area contributed by atoms with Crippen LogP contribution in [0.2, 0.25) is 0 Å². The van der Waals surface area contributed by atoms with Crippen molar-refractivity contribution in [2.24, 2.45) is 5.92 Å². The van der Waals surface area contributed by atoms with Crippen LogP contribution < -0.4 is 10.6 Å². The maximum atomic E-state index is 11.7. The molecule has 2 unspecified atom stereocenters. The monoisotopic (exact) mass is 221 g/mol. The Bertz CT molecular complexity index is 356. The standard InChI is InChI=1S/C11H15N3O2/c15-10-7-13-5-9(10)6-14-11(16)8-2-1-3-12-4-8/h1-4,9-10,13,15H,5-7H2,(H,14,16). The van der Waals surface area contributed by atoms with E-state index in [0.29, 0.717) is 18.7 Å². The van der Waals surface area contributed by atoms with Crippen molar-refractivity contribution in [2.45, 2.75) is 6.10 Å². The van der Waals surface area contributed by atoms with E-state index in [-0.39, 0.29) is 17.9 Å². The summed E-state index contributed by atoms with van der Waals surface area (Å²) in [6.45, 7) is 1.84. The molecular formula is C11H15N3O2. The van der Waals surface area contributed by atoms with Gasteiger partial charge in [-0.25, -0.2) is 0 Å². The van der Waals surface area contributed by atoms with E-state index < -0.39 is 0 Å². The molecule has 86 valence electrons. The highest BCUT2D eigenvalue weighted by molar-refractivity contribution is 5.93. The molecular weight excluding hydrogens is 206 g/mol. The lowest BCUT2D eigenvalue weighted by molar-refractivity contribution is 0.0926. The van der Waals surface area contributed by atoms with Crippen molar-refractivity contribution in [3.05, 3.63) is 30.1 Å². The molecule has 2 heterocycles. The van der Waals surface area contributed by atoms with Crippen LogP contribution in [-0.2, 0) is 0 Å². The van der Waals surface area contributed by atoms with Crippen molar-refractivity contribution in [1.82, 2.24) is 15.6 Å². The zero-order valence-corrected chi connectivity index (χ0v) is 8.89. The van der Waals surface area contributed by atoms with Gasteiger partial charge in [0.15, 0.2) is 0 Å². The highest BCUT2D eigenvalue weighted by Crippen LogP contribution is 2.07. The van der Waals surface area contributed by atoms with Crippen molar-refractivity contribution in [3.8, 4) is 0 Å². The molecule has 5 heteroatoms. The normalized spacial score (nSPS) is 24.3. The minimum absolute atomic E-state index is 0.0978. The van der Waals surface area contributed by atoms with E-state index in [0.717, 1.165) is 6.54 Å². The lowest BCUT2D eigenvalue weighted by Crippen LogP contribution is -2.34. The number of pyridine rings is 1. The molecule has 0 saturated carbocycles. The summed E-state index contributed by atoms with van der Waals surface area (Å²) in [5.74, 6) is -0.0483. The molecule has 0 aromatic carbocycles. The summed E-state index contributed by atoms with van der Waals surface area (Å²) < 4.78 is 0. The van der Waals surface area contributed by atoms with Gasteiger partial charge >= 0.3 is 0 Å². The Balaban J connectivity index is 1.84. The summed E-state index contributed by atoms with van der Waals surface area (Å²) in [6.07, 6.45) is 2.79. The van der Waals surface area contributed by atoms with Crippen molar-refractivity contribution < 1.29 is 9.90 Å². The van der Waals surface area contributed by atoms with Crippen molar-refractivity contribution in [1.29, 1.82) is 0 Å². The topological polar surface area (TPSA) is 74.2 Å². The van der Waals surface area contributed by atoms with Gasteiger partial charge in [0.25, 0.3) is 5.91 Å². The number of aliphatic hydroxyl groups is 1. The van der Waals surface area contributed by atoms with Crippen LogP contribution in [0, 0.1) is 5.92 Å². The summed E-state index contributed by atoms with van der Waals surface area (Å²) in [5, 5.41) is 15.4. The predicted molar refractivity (Wildman–Crippen MR) is 58.9 cm³/mol. The first-order valence-corrected chi connectivity index (χ1v) is 5.34. The molecule has 2 rings (SSSR count). The Morgan fingerprint density at radius 2 is 2.50 bits per heavy atom. The van der Waals surface area contributed by atoms with E-state index in [2.05, 4.69) is 15.6 Å². The average molecular weight is 221 g/mol. The number of hydrogen-bond donors (Lipinski definition) is 3. The molecule has 1 fully saturated rings. The third kappa shape index (κ3) is 2.56. The van der Waals surface area contributed by atoms with Crippen LogP contribution in [0.4, 0.5) is 0 Å². The van der Waals surface area contributed by atoms with Gasteiger partial charge in [0.2, 0.25) is 0 Å². The van der Waals surface area contributed by atoms with Crippen molar-refractivity contribution in [3.63, 3.8) is 0 Å². The fourth-order valence-electron chi connectivity index (χ4n) is 1.75. The first kappa shape index (κ1) is 11.0. The predicted octanol–water partition coefficient (Wildman–Crippen LogP) is -0.608. The van der Waals surface area contributed by atoms with E-state index >= 15 is 0 Å². The second kappa shape index (κ2) is 5.05. The van der Waals surface area contributed by atoms with Gasteiger partial charge in [0.1, 0.15) is 0 Å². The van der Waals surface area contributed by atoms with Crippen LogP contribution in [0.25, 0.3) is 0 Å². The summed E-state index contributed by atoms with van der Waals surface area (Å²) in [7, 11) is 0. The summed E-state index contributed by atoms with van der Waals surface area (Å²) >= 11 is 0. The number of carbonyl (C=O) groups is 1. The van der Waals surface area contributed by atoms with Crippen LogP contribution >= 0.6 is 0 Å². The van der Waals surface area contributed by atoms with Crippen LogP contribution in [0.15, 0.2) is 24.5 Å². The number of nitrogens with zero attached hydrogens (tertiary/aromatic N) is 1. The molecule has 5 nitrogen and oxygen atoms in total. The van der Waals surface area contributed by atoms with Crippen molar-refractivity contribution in [2.75, 3.05) is 19.6 Å².